The van der Waals surface area contributed by atoms with Crippen molar-refractivity contribution in [2.24, 2.45) is 0 Å². The Morgan fingerprint density at radius 1 is 1.61 bits per heavy atom. The highest BCUT2D eigenvalue weighted by molar-refractivity contribution is 5.86. The van der Waals surface area contributed by atoms with Crippen LogP contribution in [0.5, 0.6) is 0 Å². The van der Waals surface area contributed by atoms with Crippen LogP contribution in [0.1, 0.15) is 44.8 Å². The summed E-state index contributed by atoms with van der Waals surface area (Å²) < 4.78 is 0. The maximum atomic E-state index is 12.4. The van der Waals surface area contributed by atoms with E-state index in [1.54, 1.807) is 6.20 Å². The molecule has 2 heterocycles. The summed E-state index contributed by atoms with van der Waals surface area (Å²) in [6.07, 6.45) is 4.57. The molecule has 0 aromatic carbocycles. The number of rotatable bonds is 4. The Morgan fingerprint density at radius 3 is 3.00 bits per heavy atom. The van der Waals surface area contributed by atoms with E-state index in [0.29, 0.717) is 0 Å². The standard InChI is InChI=1S/C14H21N3O/c1-3-14(8-6-10-16-14)13(18)17-11(2)12-7-4-5-9-15-12/h4-5,7,9,11,16H,3,6,8,10H2,1-2H3,(H,17,18)/t11-,14?/m1/s1. The van der Waals surface area contributed by atoms with Crippen LogP contribution in [0.2, 0.25) is 0 Å². The highest BCUT2D eigenvalue weighted by Crippen LogP contribution is 2.24. The minimum absolute atomic E-state index is 0.0514. The van der Waals surface area contributed by atoms with Gasteiger partial charge in [-0.1, -0.05) is 13.0 Å². The number of hydrogen-bond acceptors (Lipinski definition) is 3. The van der Waals surface area contributed by atoms with Gasteiger partial charge in [-0.05, 0) is 44.9 Å². The van der Waals surface area contributed by atoms with Crippen LogP contribution < -0.4 is 10.6 Å². The molecule has 0 aliphatic carbocycles. The molecule has 18 heavy (non-hydrogen) atoms. The summed E-state index contributed by atoms with van der Waals surface area (Å²) in [5, 5.41) is 6.41. The molecule has 1 aromatic heterocycles. The van der Waals surface area contributed by atoms with E-state index in [4.69, 9.17) is 0 Å². The van der Waals surface area contributed by atoms with Gasteiger partial charge in [0.05, 0.1) is 17.3 Å². The second kappa shape index (κ2) is 5.48. The van der Waals surface area contributed by atoms with Gasteiger partial charge >= 0.3 is 0 Å². The van der Waals surface area contributed by atoms with Crippen molar-refractivity contribution >= 4 is 5.91 Å². The number of pyridine rings is 1. The SMILES string of the molecule is CCC1(C(=O)N[C@H](C)c2ccccn2)CCCN1. The predicted molar refractivity (Wildman–Crippen MR) is 71.1 cm³/mol. The first-order valence-electron chi connectivity index (χ1n) is 6.65. The lowest BCUT2D eigenvalue weighted by atomic mass is 9.92. The number of aromatic nitrogens is 1. The molecule has 0 spiro atoms. The molecule has 1 aromatic rings. The van der Waals surface area contributed by atoms with E-state index >= 15 is 0 Å². The zero-order chi connectivity index (χ0) is 13.0. The van der Waals surface area contributed by atoms with E-state index in [1.807, 2.05) is 25.1 Å². The van der Waals surface area contributed by atoms with Crippen LogP contribution in [0.4, 0.5) is 0 Å². The van der Waals surface area contributed by atoms with Crippen molar-refractivity contribution in [3.8, 4) is 0 Å². The Bertz CT molecular complexity index is 399. The molecule has 2 N–H and O–H groups in total. The summed E-state index contributed by atoms with van der Waals surface area (Å²) in [5.41, 5.74) is 0.526. The number of nitrogens with one attached hydrogen (secondary N) is 2. The lowest BCUT2D eigenvalue weighted by Gasteiger charge is -2.28. The number of amides is 1. The normalized spacial score (nSPS) is 24.8. The van der Waals surface area contributed by atoms with Gasteiger partial charge in [0, 0.05) is 6.20 Å². The van der Waals surface area contributed by atoms with Gasteiger partial charge in [-0.15, -0.1) is 0 Å². The van der Waals surface area contributed by atoms with Crippen LogP contribution in [0.15, 0.2) is 24.4 Å². The first-order valence-corrected chi connectivity index (χ1v) is 6.65. The summed E-state index contributed by atoms with van der Waals surface area (Å²) in [5.74, 6) is 0.0978. The first kappa shape index (κ1) is 13.0. The number of carbonyl (C=O) groups excluding carboxylic acids is 1. The second-order valence-corrected chi connectivity index (χ2v) is 4.92. The van der Waals surface area contributed by atoms with Crippen LogP contribution >= 0.6 is 0 Å². The quantitative estimate of drug-likeness (QED) is 0.853. The Hall–Kier alpha value is -1.42. The van der Waals surface area contributed by atoms with Crippen molar-refractivity contribution in [3.05, 3.63) is 30.1 Å². The summed E-state index contributed by atoms with van der Waals surface area (Å²) >= 11 is 0. The lowest BCUT2D eigenvalue weighted by Crippen LogP contribution is -2.53. The molecule has 4 heteroatoms. The van der Waals surface area contributed by atoms with Crippen molar-refractivity contribution in [1.82, 2.24) is 15.6 Å². The lowest BCUT2D eigenvalue weighted by molar-refractivity contribution is -0.128. The molecule has 4 nitrogen and oxygen atoms in total. The van der Waals surface area contributed by atoms with Crippen LogP contribution in [-0.2, 0) is 4.79 Å². The molecule has 1 unspecified atom stereocenters. The summed E-state index contributed by atoms with van der Waals surface area (Å²) in [4.78, 5) is 16.7. The monoisotopic (exact) mass is 247 g/mol. The van der Waals surface area contributed by atoms with Gasteiger partial charge in [-0.2, -0.15) is 0 Å². The summed E-state index contributed by atoms with van der Waals surface area (Å²) in [6.45, 7) is 4.96. The molecule has 1 amide bonds. The van der Waals surface area contributed by atoms with Crippen molar-refractivity contribution in [3.63, 3.8) is 0 Å². The second-order valence-electron chi connectivity index (χ2n) is 4.92. The molecule has 1 aliphatic rings. The van der Waals surface area contributed by atoms with Crippen LogP contribution in [0, 0.1) is 0 Å². The average Bonchev–Trinajstić information content (AvgIpc) is 2.89. The highest BCUT2D eigenvalue weighted by atomic mass is 16.2. The third-order valence-corrected chi connectivity index (χ3v) is 3.76. The molecule has 0 saturated carbocycles. The highest BCUT2D eigenvalue weighted by Gasteiger charge is 2.39. The zero-order valence-electron chi connectivity index (χ0n) is 11.1. The van der Waals surface area contributed by atoms with E-state index in [0.717, 1.165) is 31.5 Å². The molecule has 1 saturated heterocycles. The third kappa shape index (κ3) is 2.53. The number of carbonyl (C=O) groups is 1. The van der Waals surface area contributed by atoms with Gasteiger partial charge in [0.15, 0.2) is 0 Å². The van der Waals surface area contributed by atoms with Gasteiger partial charge < -0.3 is 10.6 Å². The van der Waals surface area contributed by atoms with Gasteiger partial charge in [-0.25, -0.2) is 0 Å². The number of hydrogen-bond donors (Lipinski definition) is 2. The molecular formula is C14H21N3O. The zero-order valence-corrected chi connectivity index (χ0v) is 11.1. The largest absolute Gasteiger partial charge is 0.346 e. The average molecular weight is 247 g/mol. The Labute approximate surface area is 108 Å². The van der Waals surface area contributed by atoms with E-state index in [9.17, 15) is 4.79 Å². The molecule has 2 rings (SSSR count). The van der Waals surface area contributed by atoms with Gasteiger partial charge in [0.25, 0.3) is 0 Å². The van der Waals surface area contributed by atoms with Crippen molar-refractivity contribution in [2.45, 2.75) is 44.7 Å². The number of nitrogens with zero attached hydrogens (tertiary/aromatic N) is 1. The fourth-order valence-corrected chi connectivity index (χ4v) is 2.50. The van der Waals surface area contributed by atoms with E-state index in [-0.39, 0.29) is 17.5 Å². The first-order chi connectivity index (χ1) is 8.68. The molecule has 0 radical (unpaired) electrons. The molecule has 2 atom stereocenters. The predicted octanol–water partition coefficient (Wildman–Crippen LogP) is 1.79. The molecular weight excluding hydrogens is 226 g/mol. The molecule has 0 bridgehead atoms. The van der Waals surface area contributed by atoms with Crippen LogP contribution in [0.25, 0.3) is 0 Å². The smallest absolute Gasteiger partial charge is 0.240 e. The van der Waals surface area contributed by atoms with Crippen LogP contribution in [0.3, 0.4) is 0 Å². The Balaban J connectivity index is 2.03. The van der Waals surface area contributed by atoms with Crippen molar-refractivity contribution in [2.75, 3.05) is 6.54 Å². The van der Waals surface area contributed by atoms with E-state index < -0.39 is 0 Å². The fourth-order valence-electron chi connectivity index (χ4n) is 2.50. The molecule has 1 aliphatic heterocycles. The van der Waals surface area contributed by atoms with Gasteiger partial charge in [0.2, 0.25) is 5.91 Å². The van der Waals surface area contributed by atoms with Gasteiger partial charge in [0.1, 0.15) is 0 Å². The van der Waals surface area contributed by atoms with E-state index in [1.165, 1.54) is 0 Å². The Morgan fingerprint density at radius 2 is 2.44 bits per heavy atom. The molecule has 1 fully saturated rings. The third-order valence-electron chi connectivity index (χ3n) is 3.76. The van der Waals surface area contributed by atoms with Gasteiger partial charge in [-0.3, -0.25) is 9.78 Å². The Kier molecular flexibility index (Phi) is 3.97. The van der Waals surface area contributed by atoms with Crippen molar-refractivity contribution in [1.29, 1.82) is 0 Å². The minimum atomic E-state index is -0.372. The molecule has 98 valence electrons. The maximum Gasteiger partial charge on any atom is 0.240 e. The minimum Gasteiger partial charge on any atom is -0.346 e. The fraction of sp³-hybridized carbons (Fsp3) is 0.571. The maximum absolute atomic E-state index is 12.4. The topological polar surface area (TPSA) is 54.0 Å². The van der Waals surface area contributed by atoms with Crippen molar-refractivity contribution < 1.29 is 4.79 Å². The van der Waals surface area contributed by atoms with E-state index in [2.05, 4.69) is 22.5 Å². The van der Waals surface area contributed by atoms with Crippen LogP contribution in [-0.4, -0.2) is 23.0 Å². The summed E-state index contributed by atoms with van der Waals surface area (Å²) in [6, 6.07) is 5.70. The summed E-state index contributed by atoms with van der Waals surface area (Å²) in [7, 11) is 0.